The highest BCUT2D eigenvalue weighted by atomic mass is 28.1. The fourth-order valence-electron chi connectivity index (χ4n) is 1.16. The Hall–Kier alpha value is -0.763. The molecule has 0 spiro atoms. The van der Waals surface area contributed by atoms with E-state index < -0.39 is 0 Å². The van der Waals surface area contributed by atoms with Gasteiger partial charge in [0.25, 0.3) is 0 Å². The standard InChI is InChI=1S/C10H13OSi/c1-10(2,12)8-6-4-5-7-9(8)11-3/h4-7H,1-3H3. The molecule has 0 N–H and O–H groups in total. The van der Waals surface area contributed by atoms with Crippen LogP contribution in [-0.2, 0) is 5.04 Å². The molecule has 0 saturated carbocycles. The molecule has 0 bridgehead atoms. The Labute approximate surface area is 77.2 Å². The summed E-state index contributed by atoms with van der Waals surface area (Å²) >= 11 is 0. The number of rotatable bonds is 2. The summed E-state index contributed by atoms with van der Waals surface area (Å²) in [4.78, 5) is 0. The number of ether oxygens (including phenoxy) is 1. The van der Waals surface area contributed by atoms with E-state index in [0.717, 1.165) is 5.75 Å². The third-order valence-electron chi connectivity index (χ3n) is 1.78. The number of benzene rings is 1. The lowest BCUT2D eigenvalue weighted by atomic mass is 10.0. The van der Waals surface area contributed by atoms with Crippen molar-refractivity contribution in [2.45, 2.75) is 18.9 Å². The summed E-state index contributed by atoms with van der Waals surface area (Å²) in [6.07, 6.45) is 0. The highest BCUT2D eigenvalue weighted by Crippen LogP contribution is 2.28. The lowest BCUT2D eigenvalue weighted by molar-refractivity contribution is 0.405. The molecule has 0 saturated heterocycles. The first kappa shape index (κ1) is 9.33. The zero-order chi connectivity index (χ0) is 9.19. The lowest BCUT2D eigenvalue weighted by Gasteiger charge is -2.21. The van der Waals surface area contributed by atoms with Crippen LogP contribution >= 0.6 is 0 Å². The van der Waals surface area contributed by atoms with Crippen LogP contribution in [0.4, 0.5) is 0 Å². The van der Waals surface area contributed by atoms with Gasteiger partial charge in [0.2, 0.25) is 0 Å². The second-order valence-electron chi connectivity index (χ2n) is 3.33. The van der Waals surface area contributed by atoms with Crippen LogP contribution < -0.4 is 4.74 Å². The largest absolute Gasteiger partial charge is 0.496 e. The zero-order valence-corrected chi connectivity index (χ0v) is 8.72. The van der Waals surface area contributed by atoms with Crippen molar-refractivity contribution in [3.63, 3.8) is 0 Å². The SMILES string of the molecule is COc1ccccc1C(C)(C)[Si]. The van der Waals surface area contributed by atoms with Crippen LogP contribution in [0.2, 0.25) is 0 Å². The maximum atomic E-state index is 5.24. The molecule has 0 aliphatic carbocycles. The van der Waals surface area contributed by atoms with Crippen LogP contribution in [0.3, 0.4) is 0 Å². The van der Waals surface area contributed by atoms with Gasteiger partial charge in [-0.2, -0.15) is 0 Å². The van der Waals surface area contributed by atoms with Gasteiger partial charge in [0.1, 0.15) is 5.75 Å². The second kappa shape index (κ2) is 3.31. The Morgan fingerprint density at radius 2 is 1.83 bits per heavy atom. The van der Waals surface area contributed by atoms with Crippen molar-refractivity contribution in [2.24, 2.45) is 0 Å². The monoisotopic (exact) mass is 177 g/mol. The van der Waals surface area contributed by atoms with Gasteiger partial charge in [0.05, 0.1) is 7.11 Å². The van der Waals surface area contributed by atoms with Gasteiger partial charge >= 0.3 is 0 Å². The minimum Gasteiger partial charge on any atom is -0.496 e. The van der Waals surface area contributed by atoms with E-state index in [4.69, 9.17) is 4.74 Å². The zero-order valence-electron chi connectivity index (χ0n) is 7.72. The van der Waals surface area contributed by atoms with Crippen molar-refractivity contribution >= 4 is 10.2 Å². The molecule has 3 radical (unpaired) electrons. The average Bonchev–Trinajstić information content (AvgIpc) is 2.03. The van der Waals surface area contributed by atoms with Crippen molar-refractivity contribution in [3.05, 3.63) is 29.8 Å². The molecule has 12 heavy (non-hydrogen) atoms. The molecular formula is C10H13OSi. The Morgan fingerprint density at radius 1 is 1.25 bits per heavy atom. The van der Waals surface area contributed by atoms with Crippen molar-refractivity contribution in [1.82, 2.24) is 0 Å². The van der Waals surface area contributed by atoms with E-state index in [1.807, 2.05) is 18.2 Å². The first-order chi connectivity index (χ1) is 5.55. The number of hydrogen-bond acceptors (Lipinski definition) is 1. The van der Waals surface area contributed by atoms with Gasteiger partial charge in [-0.25, -0.2) is 0 Å². The predicted molar refractivity (Wildman–Crippen MR) is 51.8 cm³/mol. The summed E-state index contributed by atoms with van der Waals surface area (Å²) in [6.45, 7) is 4.20. The smallest absolute Gasteiger partial charge is 0.122 e. The van der Waals surface area contributed by atoms with E-state index in [0.29, 0.717) is 0 Å². The van der Waals surface area contributed by atoms with Gasteiger partial charge in [-0.1, -0.05) is 32.0 Å². The van der Waals surface area contributed by atoms with Gasteiger partial charge in [-0.05, 0) is 16.7 Å². The molecule has 0 aliphatic heterocycles. The van der Waals surface area contributed by atoms with Crippen LogP contribution in [0.25, 0.3) is 0 Å². The molecule has 0 unspecified atom stereocenters. The Balaban J connectivity index is 3.14. The van der Waals surface area contributed by atoms with Gasteiger partial charge in [-0.15, -0.1) is 0 Å². The molecule has 1 rings (SSSR count). The maximum absolute atomic E-state index is 5.24. The Kier molecular flexibility index (Phi) is 2.57. The number of methoxy groups -OCH3 is 1. The highest BCUT2D eigenvalue weighted by molar-refractivity contribution is 6.15. The predicted octanol–water partition coefficient (Wildman–Crippen LogP) is 2.10. The topological polar surface area (TPSA) is 9.23 Å². The van der Waals surface area contributed by atoms with E-state index >= 15 is 0 Å². The Morgan fingerprint density at radius 3 is 2.25 bits per heavy atom. The summed E-state index contributed by atoms with van der Waals surface area (Å²) in [5.74, 6) is 0.928. The van der Waals surface area contributed by atoms with E-state index in [1.165, 1.54) is 5.56 Å². The summed E-state index contributed by atoms with van der Waals surface area (Å²) in [5.41, 5.74) is 1.17. The van der Waals surface area contributed by atoms with Crippen molar-refractivity contribution < 1.29 is 4.74 Å². The molecule has 2 heteroatoms. The molecule has 1 aromatic carbocycles. The van der Waals surface area contributed by atoms with E-state index in [9.17, 15) is 0 Å². The molecule has 0 atom stereocenters. The van der Waals surface area contributed by atoms with Gasteiger partial charge in [0.15, 0.2) is 0 Å². The van der Waals surface area contributed by atoms with E-state index in [-0.39, 0.29) is 5.04 Å². The summed E-state index contributed by atoms with van der Waals surface area (Å²) in [6, 6.07) is 8.02. The van der Waals surface area contributed by atoms with Crippen molar-refractivity contribution in [3.8, 4) is 5.75 Å². The van der Waals surface area contributed by atoms with Crippen LogP contribution in [0.15, 0.2) is 24.3 Å². The molecule has 0 aliphatic rings. The first-order valence-corrected chi connectivity index (χ1v) is 4.44. The molecule has 1 nitrogen and oxygen atoms in total. The summed E-state index contributed by atoms with van der Waals surface area (Å²) < 4.78 is 5.24. The second-order valence-corrected chi connectivity index (χ2v) is 4.58. The highest BCUT2D eigenvalue weighted by Gasteiger charge is 2.17. The normalized spacial score (nSPS) is 11.3. The lowest BCUT2D eigenvalue weighted by Crippen LogP contribution is -2.17. The molecule has 0 heterocycles. The summed E-state index contributed by atoms with van der Waals surface area (Å²) in [7, 11) is 5.34. The Bertz CT molecular complexity index is 263. The number of para-hydroxylation sites is 1. The van der Waals surface area contributed by atoms with E-state index in [1.54, 1.807) is 7.11 Å². The van der Waals surface area contributed by atoms with Gasteiger partial charge in [-0.3, -0.25) is 0 Å². The van der Waals surface area contributed by atoms with Crippen molar-refractivity contribution in [2.75, 3.05) is 7.11 Å². The number of hydrogen-bond donors (Lipinski definition) is 0. The van der Waals surface area contributed by atoms with Crippen LogP contribution in [0, 0.1) is 0 Å². The molecule has 0 fully saturated rings. The quantitative estimate of drug-likeness (QED) is 0.629. The van der Waals surface area contributed by atoms with Gasteiger partial charge < -0.3 is 4.74 Å². The first-order valence-electron chi connectivity index (χ1n) is 3.94. The van der Waals surface area contributed by atoms with Crippen LogP contribution in [0.5, 0.6) is 5.75 Å². The van der Waals surface area contributed by atoms with Gasteiger partial charge in [0, 0.05) is 10.2 Å². The average molecular weight is 177 g/mol. The third kappa shape index (κ3) is 1.88. The van der Waals surface area contributed by atoms with E-state index in [2.05, 4.69) is 30.2 Å². The minimum absolute atomic E-state index is 0.0351. The summed E-state index contributed by atoms with van der Waals surface area (Å²) in [5, 5.41) is -0.0351. The maximum Gasteiger partial charge on any atom is 0.122 e. The molecular weight excluding hydrogens is 164 g/mol. The molecule has 1 aromatic rings. The van der Waals surface area contributed by atoms with Crippen LogP contribution in [0.1, 0.15) is 19.4 Å². The third-order valence-corrected chi connectivity index (χ3v) is 2.05. The minimum atomic E-state index is -0.0351. The fourth-order valence-corrected chi connectivity index (χ4v) is 1.37. The molecule has 63 valence electrons. The molecule has 0 amide bonds. The van der Waals surface area contributed by atoms with Crippen LogP contribution in [-0.4, -0.2) is 17.4 Å². The van der Waals surface area contributed by atoms with Crippen molar-refractivity contribution in [1.29, 1.82) is 0 Å². The fraction of sp³-hybridized carbons (Fsp3) is 0.400. The molecule has 0 aromatic heterocycles.